The summed E-state index contributed by atoms with van der Waals surface area (Å²) in [5.74, 6) is 0. The fraction of sp³-hybridized carbons (Fsp3) is 0.600. The summed E-state index contributed by atoms with van der Waals surface area (Å²) in [5.41, 5.74) is 0. The number of ether oxygens (including phenoxy) is 2. The van der Waals surface area contributed by atoms with E-state index >= 15 is 0 Å². The van der Waals surface area contributed by atoms with Crippen molar-refractivity contribution < 1.29 is 9.47 Å². The lowest BCUT2D eigenvalue weighted by atomic mass is 10.4. The van der Waals surface area contributed by atoms with Crippen LogP contribution in [0.25, 0.3) is 0 Å². The minimum atomic E-state index is 0.104. The number of hydrogen-bond donors (Lipinski definition) is 0. The van der Waals surface area contributed by atoms with Gasteiger partial charge in [0.05, 0.1) is 25.4 Å². The fourth-order valence-corrected chi connectivity index (χ4v) is 0.604. The zero-order valence-electron chi connectivity index (χ0n) is 7.95. The molecule has 0 aliphatic carbocycles. The molecule has 0 aromatic heterocycles. The molecule has 0 aromatic rings. The highest BCUT2D eigenvalue weighted by Gasteiger charge is 1.97. The van der Waals surface area contributed by atoms with Gasteiger partial charge in [-0.05, 0) is 13.8 Å². The van der Waals surface area contributed by atoms with Gasteiger partial charge in [0.25, 0.3) is 0 Å². The lowest BCUT2D eigenvalue weighted by Gasteiger charge is -2.10. The van der Waals surface area contributed by atoms with Gasteiger partial charge in [-0.3, -0.25) is 0 Å². The van der Waals surface area contributed by atoms with E-state index in [1.165, 1.54) is 0 Å². The molecular formula is C10H18O2. The molecule has 70 valence electrons. The second kappa shape index (κ2) is 7.07. The Balaban J connectivity index is 3.20. The van der Waals surface area contributed by atoms with Crippen LogP contribution < -0.4 is 0 Å². The zero-order valence-corrected chi connectivity index (χ0v) is 7.95. The van der Waals surface area contributed by atoms with Crippen LogP contribution in [0, 0.1) is 0 Å². The van der Waals surface area contributed by atoms with Gasteiger partial charge in [-0.15, -0.1) is 13.2 Å². The van der Waals surface area contributed by atoms with Crippen LogP contribution in [0.2, 0.25) is 0 Å². The summed E-state index contributed by atoms with van der Waals surface area (Å²) in [6.45, 7) is 12.3. The monoisotopic (exact) mass is 170 g/mol. The van der Waals surface area contributed by atoms with Crippen molar-refractivity contribution in [2.45, 2.75) is 26.1 Å². The molecule has 0 heterocycles. The lowest BCUT2D eigenvalue weighted by Crippen LogP contribution is -2.13. The van der Waals surface area contributed by atoms with Crippen molar-refractivity contribution in [1.29, 1.82) is 0 Å². The summed E-state index contributed by atoms with van der Waals surface area (Å²) in [6.07, 6.45) is 3.73. The van der Waals surface area contributed by atoms with Crippen LogP contribution in [0.1, 0.15) is 13.8 Å². The van der Waals surface area contributed by atoms with Crippen LogP contribution in [0.5, 0.6) is 0 Å². The SMILES string of the molecule is C=CC(C)OCCOC(C)C=C. The Bertz CT molecular complexity index is 116. The minimum Gasteiger partial charge on any atom is -0.372 e. The predicted octanol–water partition coefficient (Wildman–Crippen LogP) is 2.17. The van der Waals surface area contributed by atoms with Crippen LogP contribution in [0.4, 0.5) is 0 Å². The third-order valence-electron chi connectivity index (χ3n) is 1.51. The molecule has 0 bridgehead atoms. The smallest absolute Gasteiger partial charge is 0.0726 e. The Morgan fingerprint density at radius 2 is 1.33 bits per heavy atom. The molecule has 0 radical (unpaired) electrons. The van der Waals surface area contributed by atoms with E-state index in [0.717, 1.165) is 0 Å². The Morgan fingerprint density at radius 3 is 1.58 bits per heavy atom. The summed E-state index contributed by atoms with van der Waals surface area (Å²) >= 11 is 0. The second-order valence-electron chi connectivity index (χ2n) is 2.62. The van der Waals surface area contributed by atoms with Crippen LogP contribution in [0.3, 0.4) is 0 Å². The predicted molar refractivity (Wildman–Crippen MR) is 51.2 cm³/mol. The van der Waals surface area contributed by atoms with Crippen molar-refractivity contribution >= 4 is 0 Å². The summed E-state index contributed by atoms with van der Waals surface area (Å²) in [4.78, 5) is 0. The topological polar surface area (TPSA) is 18.5 Å². The summed E-state index contributed by atoms with van der Waals surface area (Å²) in [7, 11) is 0. The molecule has 2 unspecified atom stereocenters. The van der Waals surface area contributed by atoms with Crippen LogP contribution in [-0.2, 0) is 9.47 Å². The Labute approximate surface area is 74.9 Å². The molecule has 0 saturated heterocycles. The highest BCUT2D eigenvalue weighted by Crippen LogP contribution is 1.93. The van der Waals surface area contributed by atoms with Crippen molar-refractivity contribution in [1.82, 2.24) is 0 Å². The van der Waals surface area contributed by atoms with Crippen molar-refractivity contribution in [3.05, 3.63) is 25.3 Å². The number of rotatable bonds is 7. The van der Waals surface area contributed by atoms with Gasteiger partial charge >= 0.3 is 0 Å². The fourth-order valence-electron chi connectivity index (χ4n) is 0.604. The Kier molecular flexibility index (Phi) is 6.72. The maximum absolute atomic E-state index is 5.31. The quantitative estimate of drug-likeness (QED) is 0.430. The van der Waals surface area contributed by atoms with E-state index in [1.54, 1.807) is 12.2 Å². The molecule has 0 aliphatic heterocycles. The molecule has 0 saturated carbocycles. The van der Waals surface area contributed by atoms with E-state index in [-0.39, 0.29) is 12.2 Å². The van der Waals surface area contributed by atoms with Gasteiger partial charge in [-0.1, -0.05) is 12.2 Å². The normalized spacial score (nSPS) is 15.2. The summed E-state index contributed by atoms with van der Waals surface area (Å²) < 4.78 is 10.6. The van der Waals surface area contributed by atoms with Crippen molar-refractivity contribution in [3.8, 4) is 0 Å². The average Bonchev–Trinajstić information content (AvgIpc) is 2.11. The summed E-state index contributed by atoms with van der Waals surface area (Å²) in [6, 6.07) is 0. The highest BCUT2D eigenvalue weighted by atomic mass is 16.5. The number of hydrogen-bond acceptors (Lipinski definition) is 2. The first-order valence-corrected chi connectivity index (χ1v) is 4.19. The van der Waals surface area contributed by atoms with Crippen LogP contribution in [-0.4, -0.2) is 25.4 Å². The molecule has 0 aromatic carbocycles. The third-order valence-corrected chi connectivity index (χ3v) is 1.51. The molecular weight excluding hydrogens is 152 g/mol. The molecule has 0 rings (SSSR count). The highest BCUT2D eigenvalue weighted by molar-refractivity contribution is 4.76. The molecule has 2 heteroatoms. The molecule has 2 atom stereocenters. The Hall–Kier alpha value is -0.600. The minimum absolute atomic E-state index is 0.104. The van der Waals surface area contributed by atoms with E-state index in [4.69, 9.17) is 9.47 Å². The van der Waals surface area contributed by atoms with Crippen LogP contribution >= 0.6 is 0 Å². The maximum atomic E-state index is 5.31. The van der Waals surface area contributed by atoms with Gasteiger partial charge in [0.2, 0.25) is 0 Å². The van der Waals surface area contributed by atoms with E-state index in [9.17, 15) is 0 Å². The average molecular weight is 170 g/mol. The van der Waals surface area contributed by atoms with E-state index in [2.05, 4.69) is 13.2 Å². The standard InChI is InChI=1S/C10H18O2/c1-5-9(3)11-7-8-12-10(4)6-2/h5-6,9-10H,1-2,7-8H2,3-4H3. The van der Waals surface area contributed by atoms with Crippen LogP contribution in [0.15, 0.2) is 25.3 Å². The molecule has 0 fully saturated rings. The van der Waals surface area contributed by atoms with Gasteiger partial charge in [0, 0.05) is 0 Å². The zero-order chi connectivity index (χ0) is 9.40. The third kappa shape index (κ3) is 6.13. The van der Waals surface area contributed by atoms with Gasteiger partial charge < -0.3 is 9.47 Å². The largest absolute Gasteiger partial charge is 0.372 e. The lowest BCUT2D eigenvalue weighted by molar-refractivity contribution is 0.0149. The molecule has 0 spiro atoms. The van der Waals surface area contributed by atoms with E-state index in [1.807, 2.05) is 13.8 Å². The van der Waals surface area contributed by atoms with Gasteiger partial charge in [0.1, 0.15) is 0 Å². The molecule has 0 N–H and O–H groups in total. The Morgan fingerprint density at radius 1 is 1.00 bits per heavy atom. The first kappa shape index (κ1) is 11.4. The molecule has 2 nitrogen and oxygen atoms in total. The molecule has 12 heavy (non-hydrogen) atoms. The van der Waals surface area contributed by atoms with E-state index in [0.29, 0.717) is 13.2 Å². The molecule has 0 aliphatic rings. The van der Waals surface area contributed by atoms with Gasteiger partial charge in [-0.2, -0.15) is 0 Å². The van der Waals surface area contributed by atoms with Crippen molar-refractivity contribution in [2.24, 2.45) is 0 Å². The second-order valence-corrected chi connectivity index (χ2v) is 2.62. The summed E-state index contributed by atoms with van der Waals surface area (Å²) in [5, 5.41) is 0. The first-order chi connectivity index (χ1) is 5.70. The first-order valence-electron chi connectivity index (χ1n) is 4.19. The van der Waals surface area contributed by atoms with Crippen molar-refractivity contribution in [2.75, 3.05) is 13.2 Å². The maximum Gasteiger partial charge on any atom is 0.0726 e. The molecule has 0 amide bonds. The van der Waals surface area contributed by atoms with Gasteiger partial charge in [0.15, 0.2) is 0 Å². The van der Waals surface area contributed by atoms with E-state index < -0.39 is 0 Å². The van der Waals surface area contributed by atoms with Gasteiger partial charge in [-0.25, -0.2) is 0 Å². The van der Waals surface area contributed by atoms with Crippen molar-refractivity contribution in [3.63, 3.8) is 0 Å².